The fourth-order valence-corrected chi connectivity index (χ4v) is 4.80. The summed E-state index contributed by atoms with van der Waals surface area (Å²) in [5, 5.41) is 5.43. The molecule has 3 aromatic rings. The van der Waals surface area contributed by atoms with Crippen molar-refractivity contribution < 1.29 is 4.74 Å². The van der Waals surface area contributed by atoms with E-state index in [4.69, 9.17) is 21.3 Å². The predicted molar refractivity (Wildman–Crippen MR) is 119 cm³/mol. The molecule has 1 N–H and O–H groups in total. The Morgan fingerprint density at radius 2 is 1.97 bits per heavy atom. The maximum Gasteiger partial charge on any atom is 0.145 e. The van der Waals surface area contributed by atoms with Crippen molar-refractivity contribution in [3.05, 3.63) is 59.2 Å². The molecule has 0 unspecified atom stereocenters. The molecule has 5 rings (SSSR count). The zero-order valence-corrected chi connectivity index (χ0v) is 17.3. The lowest BCUT2D eigenvalue weighted by Crippen LogP contribution is -2.51. The fraction of sp³-hybridized carbons (Fsp3) is 0.348. The number of halogens is 1. The summed E-state index contributed by atoms with van der Waals surface area (Å²) in [4.78, 5) is 9.74. The summed E-state index contributed by atoms with van der Waals surface area (Å²) in [6.07, 6.45) is 4.29. The molecule has 0 amide bonds. The summed E-state index contributed by atoms with van der Waals surface area (Å²) >= 11 is 6.29. The van der Waals surface area contributed by atoms with Gasteiger partial charge in [0, 0.05) is 40.4 Å². The number of fused-ring (bicyclic) bond motifs is 3. The molecule has 0 spiro atoms. The van der Waals surface area contributed by atoms with Gasteiger partial charge in [0.25, 0.3) is 0 Å². The summed E-state index contributed by atoms with van der Waals surface area (Å²) in [6.45, 7) is 3.77. The molecule has 0 saturated carbocycles. The van der Waals surface area contributed by atoms with Crippen molar-refractivity contribution in [3.8, 4) is 5.75 Å². The number of benzene rings is 2. The van der Waals surface area contributed by atoms with Crippen molar-refractivity contribution >= 4 is 33.9 Å². The Labute approximate surface area is 176 Å². The van der Waals surface area contributed by atoms with E-state index in [-0.39, 0.29) is 0 Å². The standard InChI is InChI=1S/C23H25ClN4O/c1-29-21-7-3-6-20-22(21)26-13-16-14-27(19-5-2-4-17(24)12-19)15-28(23(16)20)18-8-10-25-11-9-18/h2-7,12-13,18,25H,8-11,14-15H2,1H3. The number of nitrogens with one attached hydrogen (secondary N) is 1. The average molecular weight is 409 g/mol. The van der Waals surface area contributed by atoms with Gasteiger partial charge in [0.2, 0.25) is 0 Å². The summed E-state index contributed by atoms with van der Waals surface area (Å²) in [7, 11) is 1.71. The normalized spacial score (nSPS) is 17.4. The highest BCUT2D eigenvalue weighted by Gasteiger charge is 2.31. The number of hydrogen-bond acceptors (Lipinski definition) is 5. The number of pyridine rings is 1. The van der Waals surface area contributed by atoms with Crippen LogP contribution in [0, 0.1) is 0 Å². The molecule has 0 aliphatic carbocycles. The Bertz CT molecular complexity index is 1030. The lowest BCUT2D eigenvalue weighted by Gasteiger charge is -2.45. The van der Waals surface area contributed by atoms with Gasteiger partial charge in [-0.2, -0.15) is 0 Å². The maximum atomic E-state index is 6.29. The average Bonchev–Trinajstić information content (AvgIpc) is 2.78. The first kappa shape index (κ1) is 18.5. The predicted octanol–water partition coefficient (Wildman–Crippen LogP) is 4.43. The fourth-order valence-electron chi connectivity index (χ4n) is 4.62. The highest BCUT2D eigenvalue weighted by atomic mass is 35.5. The molecule has 0 bridgehead atoms. The van der Waals surface area contributed by atoms with Gasteiger partial charge in [0.1, 0.15) is 11.3 Å². The molecule has 6 heteroatoms. The van der Waals surface area contributed by atoms with Crippen LogP contribution in [0.5, 0.6) is 5.75 Å². The van der Waals surface area contributed by atoms with Gasteiger partial charge in [-0.1, -0.05) is 29.8 Å². The van der Waals surface area contributed by atoms with E-state index in [1.165, 1.54) is 16.6 Å². The second kappa shape index (κ2) is 7.73. The van der Waals surface area contributed by atoms with E-state index in [9.17, 15) is 0 Å². The van der Waals surface area contributed by atoms with Crippen LogP contribution in [0.1, 0.15) is 18.4 Å². The van der Waals surface area contributed by atoms with Gasteiger partial charge in [-0.25, -0.2) is 0 Å². The number of methoxy groups -OCH3 is 1. The van der Waals surface area contributed by atoms with Crippen LogP contribution in [-0.2, 0) is 6.54 Å². The van der Waals surface area contributed by atoms with Crippen LogP contribution in [0.4, 0.5) is 11.4 Å². The van der Waals surface area contributed by atoms with Crippen molar-refractivity contribution in [2.45, 2.75) is 25.4 Å². The minimum atomic E-state index is 0.494. The van der Waals surface area contributed by atoms with Gasteiger partial charge in [0.05, 0.1) is 19.5 Å². The summed E-state index contributed by atoms with van der Waals surface area (Å²) in [5.41, 5.74) is 4.63. The molecular weight excluding hydrogens is 384 g/mol. The molecule has 29 heavy (non-hydrogen) atoms. The topological polar surface area (TPSA) is 40.6 Å². The SMILES string of the molecule is COc1cccc2c3c(cnc12)CN(c1cccc(Cl)c1)CN3C1CCNCC1. The Hall–Kier alpha value is -2.50. The van der Waals surface area contributed by atoms with Crippen LogP contribution in [-0.4, -0.2) is 37.9 Å². The number of para-hydroxylation sites is 1. The van der Waals surface area contributed by atoms with E-state index >= 15 is 0 Å². The van der Waals surface area contributed by atoms with E-state index in [0.29, 0.717) is 6.04 Å². The monoisotopic (exact) mass is 408 g/mol. The number of nitrogens with zero attached hydrogens (tertiary/aromatic N) is 3. The van der Waals surface area contributed by atoms with E-state index in [2.05, 4.69) is 33.3 Å². The molecule has 2 aromatic carbocycles. The second-order valence-electron chi connectivity index (χ2n) is 7.76. The van der Waals surface area contributed by atoms with Crippen LogP contribution in [0.15, 0.2) is 48.7 Å². The minimum Gasteiger partial charge on any atom is -0.494 e. The third-order valence-corrected chi connectivity index (χ3v) is 6.26. The Balaban J connectivity index is 1.64. The molecule has 150 valence electrons. The van der Waals surface area contributed by atoms with Crippen LogP contribution >= 0.6 is 11.6 Å². The highest BCUT2D eigenvalue weighted by Crippen LogP contribution is 2.40. The molecule has 0 radical (unpaired) electrons. The molecule has 2 aliphatic rings. The van der Waals surface area contributed by atoms with Crippen molar-refractivity contribution in [2.75, 3.05) is 36.7 Å². The van der Waals surface area contributed by atoms with Gasteiger partial charge in [-0.15, -0.1) is 0 Å². The van der Waals surface area contributed by atoms with Crippen LogP contribution in [0.25, 0.3) is 10.9 Å². The quantitative estimate of drug-likeness (QED) is 0.694. The zero-order chi connectivity index (χ0) is 19.8. The summed E-state index contributed by atoms with van der Waals surface area (Å²) in [5.74, 6) is 0.827. The maximum absolute atomic E-state index is 6.29. The van der Waals surface area contributed by atoms with Crippen LogP contribution in [0.3, 0.4) is 0 Å². The van der Waals surface area contributed by atoms with Crippen molar-refractivity contribution in [2.24, 2.45) is 0 Å². The largest absolute Gasteiger partial charge is 0.494 e. The molecule has 1 aromatic heterocycles. The van der Waals surface area contributed by atoms with Crippen molar-refractivity contribution in [1.82, 2.24) is 10.3 Å². The second-order valence-corrected chi connectivity index (χ2v) is 8.20. The van der Waals surface area contributed by atoms with Gasteiger partial charge in [-0.3, -0.25) is 4.98 Å². The molecule has 0 atom stereocenters. The van der Waals surface area contributed by atoms with E-state index in [1.807, 2.05) is 30.5 Å². The van der Waals surface area contributed by atoms with Gasteiger partial charge >= 0.3 is 0 Å². The number of hydrogen-bond donors (Lipinski definition) is 1. The zero-order valence-electron chi connectivity index (χ0n) is 16.6. The van der Waals surface area contributed by atoms with Crippen molar-refractivity contribution in [3.63, 3.8) is 0 Å². The number of ether oxygens (including phenoxy) is 1. The van der Waals surface area contributed by atoms with Crippen molar-refractivity contribution in [1.29, 1.82) is 0 Å². The Morgan fingerprint density at radius 1 is 1.14 bits per heavy atom. The van der Waals surface area contributed by atoms with Gasteiger partial charge in [-0.05, 0) is 50.2 Å². The third-order valence-electron chi connectivity index (χ3n) is 6.02. The third kappa shape index (κ3) is 3.38. The Kier molecular flexibility index (Phi) is 4.94. The smallest absolute Gasteiger partial charge is 0.145 e. The molecule has 1 saturated heterocycles. The minimum absolute atomic E-state index is 0.494. The Morgan fingerprint density at radius 3 is 2.76 bits per heavy atom. The van der Waals surface area contributed by atoms with Crippen LogP contribution in [0.2, 0.25) is 5.02 Å². The molecule has 2 aliphatic heterocycles. The number of aromatic nitrogens is 1. The summed E-state index contributed by atoms with van der Waals surface area (Å²) < 4.78 is 5.59. The van der Waals surface area contributed by atoms with E-state index in [0.717, 1.165) is 61.1 Å². The summed E-state index contributed by atoms with van der Waals surface area (Å²) in [6, 6.07) is 14.8. The first-order valence-corrected chi connectivity index (χ1v) is 10.5. The van der Waals surface area contributed by atoms with Crippen LogP contribution < -0.4 is 19.9 Å². The number of piperidine rings is 1. The molecule has 5 nitrogen and oxygen atoms in total. The lowest BCUT2D eigenvalue weighted by molar-refractivity contribution is 0.418. The highest BCUT2D eigenvalue weighted by molar-refractivity contribution is 6.30. The first-order chi connectivity index (χ1) is 14.2. The lowest BCUT2D eigenvalue weighted by atomic mass is 9.99. The van der Waals surface area contributed by atoms with E-state index < -0.39 is 0 Å². The first-order valence-electron chi connectivity index (χ1n) is 10.2. The molecular formula is C23H25ClN4O. The molecule has 1 fully saturated rings. The molecule has 3 heterocycles. The van der Waals surface area contributed by atoms with E-state index in [1.54, 1.807) is 7.11 Å². The number of rotatable bonds is 3. The van der Waals surface area contributed by atoms with Gasteiger partial charge < -0.3 is 19.9 Å². The van der Waals surface area contributed by atoms with Gasteiger partial charge in [0.15, 0.2) is 0 Å². The number of anilines is 2.